The summed E-state index contributed by atoms with van der Waals surface area (Å²) in [5.74, 6) is -1.89. The van der Waals surface area contributed by atoms with E-state index in [9.17, 15) is 13.6 Å². The molecule has 0 radical (unpaired) electrons. The van der Waals surface area contributed by atoms with Gasteiger partial charge in [0.1, 0.15) is 17.5 Å². The number of halogens is 2. The topological polar surface area (TPSA) is 107 Å². The normalized spacial score (nSPS) is 15.8. The second-order valence-corrected chi connectivity index (χ2v) is 11.4. The van der Waals surface area contributed by atoms with Gasteiger partial charge in [0.2, 0.25) is 0 Å². The van der Waals surface area contributed by atoms with E-state index in [2.05, 4.69) is 27.5 Å². The van der Waals surface area contributed by atoms with Gasteiger partial charge in [0.25, 0.3) is 5.91 Å². The van der Waals surface area contributed by atoms with Crippen LogP contribution in [0.4, 0.5) is 25.8 Å². The summed E-state index contributed by atoms with van der Waals surface area (Å²) in [5, 5.41) is 15.0. The summed E-state index contributed by atoms with van der Waals surface area (Å²) in [6.45, 7) is 5.49. The molecule has 2 aliphatic heterocycles. The average molecular weight is 591 g/mol. The fourth-order valence-electron chi connectivity index (χ4n) is 5.70. The molecule has 0 spiro atoms. The van der Waals surface area contributed by atoms with Crippen LogP contribution in [0.5, 0.6) is 0 Å². The predicted molar refractivity (Wildman–Crippen MR) is 167 cm³/mol. The molecule has 0 bridgehead atoms. The van der Waals surface area contributed by atoms with Crippen LogP contribution >= 0.6 is 0 Å². The number of carbonyl (C=O) groups is 1. The minimum absolute atomic E-state index is 0.154. The molecule has 0 aromatic heterocycles. The van der Waals surface area contributed by atoms with E-state index in [-0.39, 0.29) is 18.3 Å². The third kappa shape index (κ3) is 8.09. The van der Waals surface area contributed by atoms with Gasteiger partial charge < -0.3 is 30.9 Å². The average Bonchev–Trinajstić information content (AvgIpc) is 3.50. The van der Waals surface area contributed by atoms with Gasteiger partial charge in [0.05, 0.1) is 5.56 Å². The summed E-state index contributed by atoms with van der Waals surface area (Å²) >= 11 is 0. The van der Waals surface area contributed by atoms with E-state index in [1.807, 2.05) is 12.1 Å². The first-order valence-electron chi connectivity index (χ1n) is 14.9. The van der Waals surface area contributed by atoms with Crippen molar-refractivity contribution in [1.29, 1.82) is 5.41 Å². The molecule has 2 fully saturated rings. The number of nitrogens with two attached hydrogens (primary N) is 1. The number of benzene rings is 3. The van der Waals surface area contributed by atoms with Crippen molar-refractivity contribution in [3.05, 3.63) is 88.5 Å². The Labute approximate surface area is 251 Å². The molecule has 0 saturated carbocycles. The molecule has 3 aromatic rings. The van der Waals surface area contributed by atoms with Gasteiger partial charge in [0.15, 0.2) is 0 Å². The van der Waals surface area contributed by atoms with Crippen molar-refractivity contribution >= 4 is 28.8 Å². The highest BCUT2D eigenvalue weighted by Crippen LogP contribution is 2.27. The SMILES string of the molecule is CN(CCN1CCCC1)c1ccc(C(=O)NC(=N)c2cc(Cc3cc(F)cc(F)c3)ccc2N)c(NC2CCOCC2)c1. The zero-order valence-corrected chi connectivity index (χ0v) is 24.6. The van der Waals surface area contributed by atoms with Gasteiger partial charge in [-0.25, -0.2) is 8.78 Å². The first-order chi connectivity index (χ1) is 20.7. The van der Waals surface area contributed by atoms with Crippen LogP contribution < -0.4 is 21.3 Å². The minimum Gasteiger partial charge on any atom is -0.398 e. The van der Waals surface area contributed by atoms with E-state index in [0.29, 0.717) is 46.8 Å². The molecule has 2 saturated heterocycles. The van der Waals surface area contributed by atoms with Crippen molar-refractivity contribution in [2.24, 2.45) is 0 Å². The number of rotatable bonds is 10. The maximum atomic E-state index is 13.7. The summed E-state index contributed by atoms with van der Waals surface area (Å²) < 4.78 is 32.9. The summed E-state index contributed by atoms with van der Waals surface area (Å²) in [6.07, 6.45) is 4.43. The van der Waals surface area contributed by atoms with Crippen LogP contribution in [-0.2, 0) is 11.2 Å². The second kappa shape index (κ2) is 14.0. The molecule has 2 heterocycles. The molecule has 43 heavy (non-hydrogen) atoms. The monoisotopic (exact) mass is 590 g/mol. The number of hydrogen-bond donors (Lipinski definition) is 4. The quantitative estimate of drug-likeness (QED) is 0.150. The van der Waals surface area contributed by atoms with Crippen molar-refractivity contribution in [3.8, 4) is 0 Å². The van der Waals surface area contributed by atoms with Crippen molar-refractivity contribution in [2.45, 2.75) is 38.1 Å². The predicted octanol–water partition coefficient (Wildman–Crippen LogP) is 5.02. The number of nitrogens with one attached hydrogen (secondary N) is 3. The Kier molecular flexibility index (Phi) is 9.89. The Morgan fingerprint density at radius 2 is 1.72 bits per heavy atom. The maximum absolute atomic E-state index is 13.7. The fourth-order valence-corrected chi connectivity index (χ4v) is 5.70. The molecule has 5 N–H and O–H groups in total. The van der Waals surface area contributed by atoms with Gasteiger partial charge >= 0.3 is 0 Å². The molecule has 0 atom stereocenters. The molecular weight excluding hydrogens is 550 g/mol. The largest absolute Gasteiger partial charge is 0.398 e. The van der Waals surface area contributed by atoms with E-state index in [0.717, 1.165) is 50.8 Å². The number of amidine groups is 1. The highest BCUT2D eigenvalue weighted by Gasteiger charge is 2.21. The van der Waals surface area contributed by atoms with Crippen LogP contribution in [-0.4, -0.2) is 69.1 Å². The van der Waals surface area contributed by atoms with E-state index in [4.69, 9.17) is 15.9 Å². The van der Waals surface area contributed by atoms with E-state index in [1.165, 1.54) is 25.0 Å². The molecular formula is C33H40F2N6O2. The number of likely N-dealkylation sites (tertiary alicyclic amines) is 1. The Bertz CT molecular complexity index is 1430. The molecule has 2 aliphatic rings. The lowest BCUT2D eigenvalue weighted by Gasteiger charge is -2.27. The second-order valence-electron chi connectivity index (χ2n) is 11.4. The number of amides is 1. The Morgan fingerprint density at radius 1 is 1.00 bits per heavy atom. The van der Waals surface area contributed by atoms with Crippen LogP contribution in [0.3, 0.4) is 0 Å². The van der Waals surface area contributed by atoms with Crippen LogP contribution in [0.25, 0.3) is 0 Å². The zero-order valence-electron chi connectivity index (χ0n) is 24.6. The molecule has 5 rings (SSSR count). The number of likely N-dealkylation sites (N-methyl/N-ethyl adjacent to an activating group) is 1. The first-order valence-corrected chi connectivity index (χ1v) is 14.9. The lowest BCUT2D eigenvalue weighted by atomic mass is 10.0. The van der Waals surface area contributed by atoms with Gasteiger partial charge in [-0.3, -0.25) is 10.2 Å². The highest BCUT2D eigenvalue weighted by molar-refractivity contribution is 6.15. The number of anilines is 3. The van der Waals surface area contributed by atoms with Crippen molar-refractivity contribution in [2.75, 3.05) is 62.4 Å². The van der Waals surface area contributed by atoms with Gasteiger partial charge in [-0.2, -0.15) is 0 Å². The lowest BCUT2D eigenvalue weighted by Crippen LogP contribution is -2.34. The minimum atomic E-state index is -0.653. The zero-order chi connectivity index (χ0) is 30.3. The molecule has 10 heteroatoms. The van der Waals surface area contributed by atoms with Crippen LogP contribution in [0.2, 0.25) is 0 Å². The Morgan fingerprint density at radius 3 is 2.44 bits per heavy atom. The van der Waals surface area contributed by atoms with E-state index in [1.54, 1.807) is 24.3 Å². The standard InChI is InChI=1S/C33H40F2N6O2/c1-40(12-13-41-10-2-3-11-41)27-5-6-28(31(21-27)38-26-8-14-43-15-9-26)33(42)39-32(37)29-19-22(4-7-30(29)36)16-23-17-24(34)20-25(35)18-23/h4-7,17-21,26,38H,2-3,8-16,36H2,1H3,(H2,37,39,42). The van der Waals surface area contributed by atoms with Crippen LogP contribution in [0.1, 0.15) is 52.7 Å². The van der Waals surface area contributed by atoms with E-state index < -0.39 is 17.5 Å². The Balaban J connectivity index is 1.32. The molecule has 1 amide bonds. The van der Waals surface area contributed by atoms with Crippen LogP contribution in [0, 0.1) is 17.0 Å². The van der Waals surface area contributed by atoms with Gasteiger partial charge in [0, 0.05) is 68.1 Å². The molecule has 3 aromatic carbocycles. The maximum Gasteiger partial charge on any atom is 0.258 e. The van der Waals surface area contributed by atoms with Gasteiger partial charge in [-0.15, -0.1) is 0 Å². The highest BCUT2D eigenvalue weighted by atomic mass is 19.1. The van der Waals surface area contributed by atoms with Gasteiger partial charge in [-0.1, -0.05) is 6.07 Å². The summed E-state index contributed by atoms with van der Waals surface area (Å²) in [7, 11) is 2.06. The summed E-state index contributed by atoms with van der Waals surface area (Å²) in [4.78, 5) is 18.2. The number of hydrogen-bond acceptors (Lipinski definition) is 7. The summed E-state index contributed by atoms with van der Waals surface area (Å²) in [5.41, 5.74) is 10.1. The van der Waals surface area contributed by atoms with Crippen LogP contribution in [0.15, 0.2) is 54.6 Å². The molecule has 228 valence electrons. The lowest BCUT2D eigenvalue weighted by molar-refractivity contribution is 0.0904. The number of carbonyl (C=O) groups excluding carboxylic acids is 1. The van der Waals surface area contributed by atoms with Gasteiger partial charge in [-0.05, 0) is 98.8 Å². The number of nitrogen functional groups attached to an aromatic ring is 1. The van der Waals surface area contributed by atoms with Crippen molar-refractivity contribution in [1.82, 2.24) is 10.2 Å². The van der Waals surface area contributed by atoms with E-state index >= 15 is 0 Å². The first kappa shape index (κ1) is 30.4. The molecule has 8 nitrogen and oxygen atoms in total. The Hall–Kier alpha value is -4.02. The fraction of sp³-hybridized carbons (Fsp3) is 0.394. The third-order valence-electron chi connectivity index (χ3n) is 8.18. The van der Waals surface area contributed by atoms with Crippen molar-refractivity contribution in [3.63, 3.8) is 0 Å². The molecule has 0 unspecified atom stereocenters. The smallest absolute Gasteiger partial charge is 0.258 e. The number of ether oxygens (including phenoxy) is 1. The third-order valence-corrected chi connectivity index (χ3v) is 8.18. The molecule has 0 aliphatic carbocycles. The van der Waals surface area contributed by atoms with Crippen molar-refractivity contribution < 1.29 is 18.3 Å². The number of nitrogens with zero attached hydrogens (tertiary/aromatic N) is 2. The summed E-state index contributed by atoms with van der Waals surface area (Å²) in [6, 6.07) is 14.3.